The second-order valence-corrected chi connectivity index (χ2v) is 4.85. The summed E-state index contributed by atoms with van der Waals surface area (Å²) in [5.41, 5.74) is 1.12. The minimum absolute atomic E-state index is 0.544. The number of pyridine rings is 1. The van der Waals surface area contributed by atoms with Gasteiger partial charge in [-0.1, -0.05) is 17.7 Å². The van der Waals surface area contributed by atoms with Gasteiger partial charge >= 0.3 is 0 Å². The third-order valence-electron chi connectivity index (χ3n) is 2.38. The summed E-state index contributed by atoms with van der Waals surface area (Å²) in [4.78, 5) is 7.63. The summed E-state index contributed by atoms with van der Waals surface area (Å²) in [6, 6.07) is 8.12. The summed E-state index contributed by atoms with van der Waals surface area (Å²) in [5.74, 6) is 0. The quantitative estimate of drug-likeness (QED) is 0.769. The van der Waals surface area contributed by atoms with Crippen LogP contribution in [-0.2, 0) is 6.54 Å². The monoisotopic (exact) mass is 252 g/mol. The Hall–Kier alpha value is -1.06. The SMILES string of the molecule is CCN(Cc1cccs1)c1ccnc(Cl)c1. The molecule has 0 atom stereocenters. The van der Waals surface area contributed by atoms with Gasteiger partial charge in [0.05, 0.1) is 6.54 Å². The highest BCUT2D eigenvalue weighted by molar-refractivity contribution is 7.09. The summed E-state index contributed by atoms with van der Waals surface area (Å²) in [6.45, 7) is 4.02. The molecule has 0 saturated carbocycles. The molecule has 0 spiro atoms. The van der Waals surface area contributed by atoms with Crippen LogP contribution in [-0.4, -0.2) is 11.5 Å². The molecule has 0 amide bonds. The molecule has 0 aliphatic heterocycles. The molecular formula is C12H13ClN2S. The first-order chi connectivity index (χ1) is 7.79. The zero-order chi connectivity index (χ0) is 11.4. The van der Waals surface area contributed by atoms with Crippen LogP contribution in [0.1, 0.15) is 11.8 Å². The lowest BCUT2D eigenvalue weighted by Crippen LogP contribution is -2.21. The highest BCUT2D eigenvalue weighted by Crippen LogP contribution is 2.21. The smallest absolute Gasteiger partial charge is 0.131 e. The summed E-state index contributed by atoms with van der Waals surface area (Å²) in [6.07, 6.45) is 1.74. The number of hydrogen-bond donors (Lipinski definition) is 0. The average molecular weight is 253 g/mol. The number of nitrogens with zero attached hydrogens (tertiary/aromatic N) is 2. The van der Waals surface area contributed by atoms with Crippen molar-refractivity contribution in [2.75, 3.05) is 11.4 Å². The molecule has 0 saturated heterocycles. The Labute approximate surface area is 105 Å². The van der Waals surface area contributed by atoms with Crippen LogP contribution in [0.3, 0.4) is 0 Å². The molecule has 2 heterocycles. The van der Waals surface area contributed by atoms with E-state index in [1.165, 1.54) is 4.88 Å². The maximum absolute atomic E-state index is 5.89. The van der Waals surface area contributed by atoms with E-state index in [-0.39, 0.29) is 0 Å². The molecule has 2 aromatic rings. The topological polar surface area (TPSA) is 16.1 Å². The molecule has 4 heteroatoms. The van der Waals surface area contributed by atoms with Crippen molar-refractivity contribution < 1.29 is 0 Å². The van der Waals surface area contributed by atoms with Crippen molar-refractivity contribution >= 4 is 28.6 Å². The second kappa shape index (κ2) is 5.32. The fourth-order valence-electron chi connectivity index (χ4n) is 1.57. The van der Waals surface area contributed by atoms with Crippen LogP contribution >= 0.6 is 22.9 Å². The molecule has 2 nitrogen and oxygen atoms in total. The Morgan fingerprint density at radius 3 is 2.94 bits per heavy atom. The lowest BCUT2D eigenvalue weighted by molar-refractivity contribution is 0.841. The van der Waals surface area contributed by atoms with Gasteiger partial charge in [-0.05, 0) is 30.5 Å². The molecule has 16 heavy (non-hydrogen) atoms. The van der Waals surface area contributed by atoms with E-state index in [0.717, 1.165) is 18.8 Å². The van der Waals surface area contributed by atoms with Gasteiger partial charge in [0.15, 0.2) is 0 Å². The van der Waals surface area contributed by atoms with Crippen molar-refractivity contribution in [3.8, 4) is 0 Å². The Morgan fingerprint density at radius 2 is 2.31 bits per heavy atom. The largest absolute Gasteiger partial charge is 0.367 e. The number of hydrogen-bond acceptors (Lipinski definition) is 3. The van der Waals surface area contributed by atoms with Gasteiger partial charge in [0, 0.05) is 23.3 Å². The molecular weight excluding hydrogens is 240 g/mol. The van der Waals surface area contributed by atoms with Crippen molar-refractivity contribution in [3.63, 3.8) is 0 Å². The van der Waals surface area contributed by atoms with Crippen LogP contribution in [0.5, 0.6) is 0 Å². The minimum atomic E-state index is 0.544. The van der Waals surface area contributed by atoms with E-state index in [4.69, 9.17) is 11.6 Å². The fraction of sp³-hybridized carbons (Fsp3) is 0.250. The Morgan fingerprint density at radius 1 is 1.44 bits per heavy atom. The fourth-order valence-corrected chi connectivity index (χ4v) is 2.45. The van der Waals surface area contributed by atoms with E-state index >= 15 is 0 Å². The first-order valence-corrected chi connectivity index (χ1v) is 6.44. The number of thiophene rings is 1. The molecule has 0 aliphatic carbocycles. The highest BCUT2D eigenvalue weighted by Gasteiger charge is 2.06. The van der Waals surface area contributed by atoms with E-state index in [9.17, 15) is 0 Å². The molecule has 0 aromatic carbocycles. The molecule has 2 rings (SSSR count). The summed E-state index contributed by atoms with van der Waals surface area (Å²) in [5, 5.41) is 2.64. The van der Waals surface area contributed by atoms with Crippen LogP contribution < -0.4 is 4.90 Å². The van der Waals surface area contributed by atoms with E-state index in [1.54, 1.807) is 17.5 Å². The van der Waals surface area contributed by atoms with Gasteiger partial charge in [-0.15, -0.1) is 11.3 Å². The molecule has 0 unspecified atom stereocenters. The molecule has 0 bridgehead atoms. The Kier molecular flexibility index (Phi) is 3.80. The molecule has 0 aliphatic rings. The highest BCUT2D eigenvalue weighted by atomic mass is 35.5. The average Bonchev–Trinajstić information content (AvgIpc) is 2.78. The Bertz CT molecular complexity index is 442. The van der Waals surface area contributed by atoms with E-state index in [0.29, 0.717) is 5.15 Å². The maximum Gasteiger partial charge on any atom is 0.131 e. The van der Waals surface area contributed by atoms with Crippen LogP contribution in [0.25, 0.3) is 0 Å². The van der Waals surface area contributed by atoms with Crippen molar-refractivity contribution in [1.82, 2.24) is 4.98 Å². The number of anilines is 1. The van der Waals surface area contributed by atoms with Crippen molar-refractivity contribution in [2.45, 2.75) is 13.5 Å². The third kappa shape index (κ3) is 2.74. The Balaban J connectivity index is 2.16. The predicted molar refractivity (Wildman–Crippen MR) is 70.3 cm³/mol. The van der Waals surface area contributed by atoms with Gasteiger partial charge < -0.3 is 4.90 Å². The van der Waals surface area contributed by atoms with Crippen molar-refractivity contribution in [1.29, 1.82) is 0 Å². The maximum atomic E-state index is 5.89. The summed E-state index contributed by atoms with van der Waals surface area (Å²) in [7, 11) is 0. The number of rotatable bonds is 4. The van der Waals surface area contributed by atoms with Gasteiger partial charge in [-0.25, -0.2) is 4.98 Å². The van der Waals surface area contributed by atoms with Crippen LogP contribution in [0.15, 0.2) is 35.8 Å². The first kappa shape index (κ1) is 11.4. The predicted octanol–water partition coefficient (Wildman–Crippen LogP) is 3.82. The second-order valence-electron chi connectivity index (χ2n) is 3.43. The van der Waals surface area contributed by atoms with Crippen LogP contribution in [0, 0.1) is 0 Å². The van der Waals surface area contributed by atoms with Crippen LogP contribution in [0.4, 0.5) is 5.69 Å². The molecule has 84 valence electrons. The molecule has 0 radical (unpaired) electrons. The van der Waals surface area contributed by atoms with Crippen molar-refractivity contribution in [3.05, 3.63) is 45.9 Å². The molecule has 0 N–H and O–H groups in total. The lowest BCUT2D eigenvalue weighted by atomic mass is 10.3. The van der Waals surface area contributed by atoms with Gasteiger partial charge in [0.2, 0.25) is 0 Å². The van der Waals surface area contributed by atoms with Gasteiger partial charge in [0.25, 0.3) is 0 Å². The molecule has 2 aromatic heterocycles. The third-order valence-corrected chi connectivity index (χ3v) is 3.45. The van der Waals surface area contributed by atoms with E-state index in [1.807, 2.05) is 12.1 Å². The van der Waals surface area contributed by atoms with Crippen molar-refractivity contribution in [2.24, 2.45) is 0 Å². The zero-order valence-electron chi connectivity index (χ0n) is 9.06. The first-order valence-electron chi connectivity index (χ1n) is 5.18. The van der Waals surface area contributed by atoms with Gasteiger partial charge in [0.1, 0.15) is 5.15 Å². The number of halogens is 1. The van der Waals surface area contributed by atoms with E-state index in [2.05, 4.69) is 34.3 Å². The lowest BCUT2D eigenvalue weighted by Gasteiger charge is -2.22. The number of aromatic nitrogens is 1. The van der Waals surface area contributed by atoms with Crippen LogP contribution in [0.2, 0.25) is 5.15 Å². The summed E-state index contributed by atoms with van der Waals surface area (Å²) < 4.78 is 0. The normalized spacial score (nSPS) is 10.4. The standard InChI is InChI=1S/C12H13ClN2S/c1-2-15(9-11-4-3-7-16-11)10-5-6-14-12(13)8-10/h3-8H,2,9H2,1H3. The van der Waals surface area contributed by atoms with Gasteiger partial charge in [-0.3, -0.25) is 0 Å². The van der Waals surface area contributed by atoms with Gasteiger partial charge in [-0.2, -0.15) is 0 Å². The minimum Gasteiger partial charge on any atom is -0.367 e. The molecule has 0 fully saturated rings. The van der Waals surface area contributed by atoms with E-state index < -0.39 is 0 Å². The summed E-state index contributed by atoms with van der Waals surface area (Å²) >= 11 is 7.67. The zero-order valence-corrected chi connectivity index (χ0v) is 10.6.